The Hall–Kier alpha value is -4.56. The largest absolute Gasteiger partial charge is 0.359 e. The predicted molar refractivity (Wildman–Crippen MR) is 145 cm³/mol. The Morgan fingerprint density at radius 3 is 1.67 bits per heavy atom. The summed E-state index contributed by atoms with van der Waals surface area (Å²) < 4.78 is 0.583. The van der Waals surface area contributed by atoms with Crippen LogP contribution in [0, 0.1) is 20.2 Å². The average molecular weight is 538 g/mol. The predicted octanol–water partition coefficient (Wildman–Crippen LogP) is 8.39. The number of hydrogen-bond acceptors (Lipinski definition) is 4. The van der Waals surface area contributed by atoms with Crippen LogP contribution in [0.5, 0.6) is 0 Å². The van der Waals surface area contributed by atoms with Gasteiger partial charge in [0, 0.05) is 16.1 Å². The van der Waals surface area contributed by atoms with Gasteiger partial charge in [-0.25, -0.2) is 0 Å². The minimum Gasteiger partial charge on any atom is -0.359 e. The summed E-state index contributed by atoms with van der Waals surface area (Å²) in [5.74, 6) is 0. The van der Waals surface area contributed by atoms with E-state index in [1.165, 1.54) is 0 Å². The van der Waals surface area contributed by atoms with E-state index in [2.05, 4.69) is 20.9 Å². The molecule has 1 aromatic heterocycles. The maximum Gasteiger partial charge on any atom is 0.356 e. The lowest BCUT2D eigenvalue weighted by Gasteiger charge is -2.14. The van der Waals surface area contributed by atoms with E-state index < -0.39 is 21.2 Å². The third-order valence-electron chi connectivity index (χ3n) is 6.51. The second kappa shape index (κ2) is 8.28. The van der Waals surface area contributed by atoms with E-state index in [1.54, 1.807) is 30.5 Å². The second-order valence-corrected chi connectivity index (χ2v) is 9.26. The van der Waals surface area contributed by atoms with Crippen LogP contribution < -0.4 is 0 Å². The van der Waals surface area contributed by atoms with E-state index >= 15 is 0 Å². The van der Waals surface area contributed by atoms with Gasteiger partial charge in [-0.15, -0.1) is 0 Å². The van der Waals surface area contributed by atoms with Gasteiger partial charge in [-0.3, -0.25) is 20.2 Å². The van der Waals surface area contributed by atoms with Gasteiger partial charge in [0.1, 0.15) is 0 Å². The average Bonchev–Trinajstić information content (AvgIpc) is 3.27. The van der Waals surface area contributed by atoms with Crippen LogP contribution in [0.2, 0.25) is 0 Å². The molecular formula is C28H16BrN3O4. The summed E-state index contributed by atoms with van der Waals surface area (Å²) in [6, 6.07) is 26.0. The molecule has 0 radical (unpaired) electrons. The molecule has 0 spiro atoms. The minimum absolute atomic E-state index is 0.188. The van der Waals surface area contributed by atoms with Crippen molar-refractivity contribution < 1.29 is 9.85 Å². The van der Waals surface area contributed by atoms with Gasteiger partial charge in [-0.05, 0) is 48.6 Å². The molecule has 0 saturated carbocycles. The number of nitrogens with one attached hydrogen (secondary N) is 1. The van der Waals surface area contributed by atoms with Crippen molar-refractivity contribution in [3.63, 3.8) is 0 Å². The van der Waals surface area contributed by atoms with E-state index in [4.69, 9.17) is 0 Å². The summed E-state index contributed by atoms with van der Waals surface area (Å²) in [7, 11) is 0. The topological polar surface area (TPSA) is 102 Å². The van der Waals surface area contributed by atoms with Crippen LogP contribution in [-0.2, 0) is 0 Å². The van der Waals surface area contributed by atoms with E-state index in [9.17, 15) is 20.2 Å². The highest BCUT2D eigenvalue weighted by molar-refractivity contribution is 9.10. The highest BCUT2D eigenvalue weighted by Crippen LogP contribution is 2.53. The van der Waals surface area contributed by atoms with Gasteiger partial charge in [-0.2, -0.15) is 0 Å². The van der Waals surface area contributed by atoms with Crippen LogP contribution in [0.4, 0.5) is 11.4 Å². The molecule has 36 heavy (non-hydrogen) atoms. The lowest BCUT2D eigenvalue weighted by molar-refractivity contribution is -0.421. The maximum absolute atomic E-state index is 12.7. The summed E-state index contributed by atoms with van der Waals surface area (Å²) in [5.41, 5.74) is 0.875. The van der Waals surface area contributed by atoms with E-state index in [0.29, 0.717) is 26.5 Å². The molecule has 0 saturated heterocycles. The van der Waals surface area contributed by atoms with Gasteiger partial charge in [0.15, 0.2) is 0 Å². The van der Waals surface area contributed by atoms with Gasteiger partial charge in [0.05, 0.1) is 26.5 Å². The Morgan fingerprint density at radius 2 is 1.11 bits per heavy atom. The lowest BCUT2D eigenvalue weighted by Crippen LogP contribution is -2.03. The zero-order valence-electron chi connectivity index (χ0n) is 18.6. The molecular weight excluding hydrogens is 522 g/mol. The monoisotopic (exact) mass is 537 g/mol. The van der Waals surface area contributed by atoms with Gasteiger partial charge in [0.2, 0.25) is 0 Å². The van der Waals surface area contributed by atoms with Crippen LogP contribution in [0.25, 0.3) is 54.7 Å². The third kappa shape index (κ3) is 3.19. The van der Waals surface area contributed by atoms with Crippen molar-refractivity contribution in [3.8, 4) is 22.3 Å². The van der Waals surface area contributed by atoms with Crippen LogP contribution in [-0.4, -0.2) is 14.8 Å². The molecule has 0 amide bonds. The Labute approximate surface area is 212 Å². The smallest absolute Gasteiger partial charge is 0.356 e. The fraction of sp³-hybridized carbons (Fsp3) is 0. The van der Waals surface area contributed by atoms with Gasteiger partial charge < -0.3 is 4.98 Å². The van der Waals surface area contributed by atoms with Crippen LogP contribution in [0.1, 0.15) is 0 Å². The molecule has 0 atom stereocenters. The molecule has 6 rings (SSSR count). The quantitative estimate of drug-likeness (QED) is 0.180. The standard InChI is InChI=1S/C28H16BrN3O4/c29-22-15-30-26-24(21-14-6-10-17-8-2-4-12-19(17)21)28(32(35)36)27(31(33)34)23(25(22)26)20-13-5-9-16-7-1-3-11-18(16)20/h1-15,30H. The fourth-order valence-electron chi connectivity index (χ4n) is 5.08. The molecule has 0 bridgehead atoms. The minimum atomic E-state index is -0.641. The van der Waals surface area contributed by atoms with Crippen molar-refractivity contribution in [2.45, 2.75) is 0 Å². The summed E-state index contributed by atoms with van der Waals surface area (Å²) >= 11 is 3.56. The normalized spacial score (nSPS) is 11.4. The van der Waals surface area contributed by atoms with E-state index in [0.717, 1.165) is 21.5 Å². The van der Waals surface area contributed by atoms with Crippen molar-refractivity contribution in [3.05, 3.63) is 116 Å². The Morgan fingerprint density at radius 1 is 0.639 bits per heavy atom. The van der Waals surface area contributed by atoms with Crippen LogP contribution in [0.15, 0.2) is 95.6 Å². The first-order valence-electron chi connectivity index (χ1n) is 11.1. The van der Waals surface area contributed by atoms with Crippen molar-refractivity contribution >= 4 is 59.8 Å². The number of nitro groups is 2. The first-order chi connectivity index (χ1) is 17.5. The molecule has 6 aromatic rings. The Balaban J connectivity index is 1.88. The number of benzene rings is 5. The first kappa shape index (κ1) is 21.9. The van der Waals surface area contributed by atoms with E-state index in [-0.39, 0.29) is 11.1 Å². The number of rotatable bonds is 4. The second-order valence-electron chi connectivity index (χ2n) is 8.40. The van der Waals surface area contributed by atoms with Crippen molar-refractivity contribution in [2.24, 2.45) is 0 Å². The van der Waals surface area contributed by atoms with Gasteiger partial charge >= 0.3 is 11.4 Å². The Kier molecular flexibility index (Phi) is 5.05. The van der Waals surface area contributed by atoms with Crippen molar-refractivity contribution in [1.82, 2.24) is 4.98 Å². The number of fused-ring (bicyclic) bond motifs is 3. The summed E-state index contributed by atoms with van der Waals surface area (Å²) in [6.45, 7) is 0. The molecule has 7 nitrogen and oxygen atoms in total. The molecule has 0 unspecified atom stereocenters. The zero-order valence-corrected chi connectivity index (χ0v) is 20.2. The molecule has 1 heterocycles. The SMILES string of the molecule is O=[N+]([O-])c1c([N+](=O)[O-])c(-c2cccc3ccccc23)c2c(Br)c[nH]c2c1-c1cccc2ccccc12. The van der Waals surface area contributed by atoms with Crippen molar-refractivity contribution in [1.29, 1.82) is 0 Å². The van der Waals surface area contributed by atoms with E-state index in [1.807, 2.05) is 60.7 Å². The highest BCUT2D eigenvalue weighted by Gasteiger charge is 2.39. The molecule has 5 aromatic carbocycles. The summed E-state index contributed by atoms with van der Waals surface area (Å²) in [5, 5.41) is 29.1. The van der Waals surface area contributed by atoms with Crippen LogP contribution >= 0.6 is 15.9 Å². The number of nitrogens with zero attached hydrogens (tertiary/aromatic N) is 2. The molecule has 8 heteroatoms. The highest BCUT2D eigenvalue weighted by atomic mass is 79.9. The molecule has 174 valence electrons. The fourth-order valence-corrected chi connectivity index (χ4v) is 5.59. The number of H-pyrrole nitrogens is 1. The number of hydrogen-bond donors (Lipinski definition) is 1. The molecule has 0 aliphatic carbocycles. The first-order valence-corrected chi connectivity index (χ1v) is 11.9. The number of halogens is 1. The number of aromatic amines is 1. The third-order valence-corrected chi connectivity index (χ3v) is 7.14. The lowest BCUT2D eigenvalue weighted by atomic mass is 9.88. The molecule has 0 fully saturated rings. The summed E-state index contributed by atoms with van der Waals surface area (Å²) in [6.07, 6.45) is 1.67. The molecule has 0 aliphatic heterocycles. The van der Waals surface area contributed by atoms with Crippen LogP contribution in [0.3, 0.4) is 0 Å². The Bertz CT molecular complexity index is 1870. The molecule has 0 aliphatic rings. The zero-order chi connectivity index (χ0) is 25.0. The van der Waals surface area contributed by atoms with Gasteiger partial charge in [-0.1, -0.05) is 84.9 Å². The number of nitro benzene ring substituents is 2. The summed E-state index contributed by atoms with van der Waals surface area (Å²) in [4.78, 5) is 27.2. The number of aromatic nitrogens is 1. The molecule has 1 N–H and O–H groups in total. The van der Waals surface area contributed by atoms with Gasteiger partial charge in [0.25, 0.3) is 0 Å². The van der Waals surface area contributed by atoms with Crippen molar-refractivity contribution in [2.75, 3.05) is 0 Å². The maximum atomic E-state index is 12.7.